The lowest BCUT2D eigenvalue weighted by molar-refractivity contribution is -0.300. The van der Waals surface area contributed by atoms with Gasteiger partial charge in [-0.05, 0) is 12.1 Å². The molecular weight excluding hydrogens is 344 g/mol. The van der Waals surface area contributed by atoms with E-state index in [9.17, 15) is 19.8 Å². The molecule has 2 rings (SSSR count). The van der Waals surface area contributed by atoms with Crippen LogP contribution in [0.3, 0.4) is 0 Å². The first kappa shape index (κ1) is 20.1. The molecule has 1 fully saturated rings. The first-order chi connectivity index (χ1) is 12.5. The molecule has 2 N–H and O–H groups in total. The minimum atomic E-state index is -1.42. The lowest BCUT2D eigenvalue weighted by Crippen LogP contribution is -2.61. The number of hydrogen-bond donors (Lipinski definition) is 2. The van der Waals surface area contributed by atoms with Gasteiger partial charge in [0.1, 0.15) is 12.2 Å². The van der Waals surface area contributed by atoms with E-state index < -0.39 is 49.3 Å². The van der Waals surface area contributed by atoms with Crippen LogP contribution in [0.1, 0.15) is 17.3 Å². The molecule has 26 heavy (non-hydrogen) atoms. The molecule has 0 bridgehead atoms. The predicted molar refractivity (Wildman–Crippen MR) is 89.1 cm³/mol. The zero-order chi connectivity index (χ0) is 19.1. The Morgan fingerprint density at radius 1 is 1.23 bits per heavy atom. The maximum absolute atomic E-state index is 12.4. The summed E-state index contributed by atoms with van der Waals surface area (Å²) in [5.41, 5.74) is 0.261. The molecule has 1 aliphatic rings. The molecular formula is C18H22O8. The molecule has 1 aliphatic heterocycles. The van der Waals surface area contributed by atoms with Crippen molar-refractivity contribution in [1.82, 2.24) is 0 Å². The van der Waals surface area contributed by atoms with Crippen molar-refractivity contribution in [3.8, 4) is 0 Å². The van der Waals surface area contributed by atoms with Gasteiger partial charge in [0.25, 0.3) is 0 Å². The Morgan fingerprint density at radius 3 is 2.50 bits per heavy atom. The Morgan fingerprint density at radius 2 is 1.92 bits per heavy atom. The predicted octanol–water partition coefficient (Wildman–Crippen LogP) is 0.424. The molecule has 0 aliphatic carbocycles. The average Bonchev–Trinajstić information content (AvgIpc) is 2.64. The van der Waals surface area contributed by atoms with Crippen LogP contribution in [-0.2, 0) is 23.7 Å². The number of carbonyl (C=O) groups is 2. The molecule has 142 valence electrons. The Balaban J connectivity index is 2.26. The van der Waals surface area contributed by atoms with Crippen molar-refractivity contribution in [1.29, 1.82) is 0 Å². The first-order valence-corrected chi connectivity index (χ1v) is 8.08. The average molecular weight is 366 g/mol. The van der Waals surface area contributed by atoms with Crippen molar-refractivity contribution in [3.05, 3.63) is 48.6 Å². The maximum Gasteiger partial charge on any atom is 0.338 e. The van der Waals surface area contributed by atoms with Crippen LogP contribution in [0.15, 0.2) is 43.0 Å². The quantitative estimate of drug-likeness (QED) is 0.528. The Bertz CT molecular complexity index is 617. The molecule has 0 unspecified atom stereocenters. The Labute approximate surface area is 150 Å². The fourth-order valence-electron chi connectivity index (χ4n) is 2.56. The lowest BCUT2D eigenvalue weighted by Gasteiger charge is -2.42. The van der Waals surface area contributed by atoms with E-state index in [-0.39, 0.29) is 12.2 Å². The van der Waals surface area contributed by atoms with Crippen molar-refractivity contribution >= 4 is 11.9 Å². The van der Waals surface area contributed by atoms with Crippen LogP contribution in [0.25, 0.3) is 0 Å². The van der Waals surface area contributed by atoms with Gasteiger partial charge in [0.15, 0.2) is 18.5 Å². The van der Waals surface area contributed by atoms with E-state index in [4.69, 9.17) is 18.9 Å². The van der Waals surface area contributed by atoms with Gasteiger partial charge in [-0.2, -0.15) is 0 Å². The van der Waals surface area contributed by atoms with Crippen LogP contribution < -0.4 is 0 Å². The highest BCUT2D eigenvalue weighted by Gasteiger charge is 2.50. The second-order valence-corrected chi connectivity index (χ2v) is 5.65. The van der Waals surface area contributed by atoms with Gasteiger partial charge < -0.3 is 29.2 Å². The number of benzene rings is 1. The van der Waals surface area contributed by atoms with Crippen LogP contribution in [0.2, 0.25) is 0 Å². The van der Waals surface area contributed by atoms with Gasteiger partial charge >= 0.3 is 11.9 Å². The molecule has 1 saturated heterocycles. The molecule has 0 aromatic heterocycles. The monoisotopic (exact) mass is 366 g/mol. The van der Waals surface area contributed by atoms with Crippen molar-refractivity contribution in [2.45, 2.75) is 37.6 Å². The van der Waals surface area contributed by atoms with Crippen molar-refractivity contribution < 1.29 is 38.7 Å². The summed E-state index contributed by atoms with van der Waals surface area (Å²) >= 11 is 0. The normalized spacial score (nSPS) is 28.2. The van der Waals surface area contributed by atoms with E-state index in [1.165, 1.54) is 13.0 Å². The third-order valence-corrected chi connectivity index (χ3v) is 3.73. The minimum Gasteiger partial charge on any atom is -0.453 e. The third kappa shape index (κ3) is 4.89. The highest BCUT2D eigenvalue weighted by atomic mass is 16.7. The SMILES string of the molecule is C=CCO[C@H]1O[C@H](CO)[C@@H](O)[C@H](OC(=O)c2ccccc2)[C@@H]1OC(C)=O. The maximum atomic E-state index is 12.4. The summed E-state index contributed by atoms with van der Waals surface area (Å²) in [6.07, 6.45) is -4.68. The highest BCUT2D eigenvalue weighted by Crippen LogP contribution is 2.27. The molecule has 0 radical (unpaired) electrons. The lowest BCUT2D eigenvalue weighted by atomic mass is 9.98. The number of aliphatic hydroxyl groups excluding tert-OH is 2. The van der Waals surface area contributed by atoms with Crippen LogP contribution >= 0.6 is 0 Å². The van der Waals surface area contributed by atoms with Gasteiger partial charge in [-0.25, -0.2) is 4.79 Å². The smallest absolute Gasteiger partial charge is 0.338 e. The van der Waals surface area contributed by atoms with Crippen LogP contribution in [-0.4, -0.2) is 66.1 Å². The fraction of sp³-hybridized carbons (Fsp3) is 0.444. The minimum absolute atomic E-state index is 0.0655. The number of aliphatic hydroxyl groups is 2. The van der Waals surface area contributed by atoms with Gasteiger partial charge in [-0.3, -0.25) is 4.79 Å². The van der Waals surface area contributed by atoms with Gasteiger partial charge in [0.05, 0.1) is 18.8 Å². The molecule has 0 saturated carbocycles. The summed E-state index contributed by atoms with van der Waals surface area (Å²) in [4.78, 5) is 23.8. The number of carbonyl (C=O) groups excluding carboxylic acids is 2. The molecule has 5 atom stereocenters. The third-order valence-electron chi connectivity index (χ3n) is 3.73. The second kappa shape index (κ2) is 9.44. The van der Waals surface area contributed by atoms with Crippen LogP contribution in [0, 0.1) is 0 Å². The summed E-state index contributed by atoms with van der Waals surface area (Å²) in [7, 11) is 0. The Kier molecular flexibility index (Phi) is 7.28. The number of hydrogen-bond acceptors (Lipinski definition) is 8. The molecule has 1 aromatic rings. The largest absolute Gasteiger partial charge is 0.453 e. The van der Waals surface area contributed by atoms with Crippen molar-refractivity contribution in [3.63, 3.8) is 0 Å². The van der Waals surface area contributed by atoms with E-state index in [2.05, 4.69) is 6.58 Å². The number of esters is 2. The number of rotatable bonds is 7. The first-order valence-electron chi connectivity index (χ1n) is 8.08. The van der Waals surface area contributed by atoms with Gasteiger partial charge in [-0.1, -0.05) is 24.3 Å². The van der Waals surface area contributed by atoms with E-state index >= 15 is 0 Å². The standard InChI is InChI=1S/C18H22O8/c1-3-9-23-18-16(24-11(2)20)15(14(21)13(10-19)25-18)26-17(22)12-7-5-4-6-8-12/h3-8,13-16,18-19,21H,1,9-10H2,2H3/t13-,14-,15+,16+,18+/m1/s1. The summed E-state index contributed by atoms with van der Waals surface area (Å²) < 4.78 is 21.4. The summed E-state index contributed by atoms with van der Waals surface area (Å²) in [5.74, 6) is -1.38. The topological polar surface area (TPSA) is 112 Å². The summed E-state index contributed by atoms with van der Waals surface area (Å²) in [6.45, 7) is 4.22. The van der Waals surface area contributed by atoms with Crippen molar-refractivity contribution in [2.24, 2.45) is 0 Å². The van der Waals surface area contributed by atoms with Crippen LogP contribution in [0.5, 0.6) is 0 Å². The van der Waals surface area contributed by atoms with E-state index in [1.807, 2.05) is 0 Å². The highest BCUT2D eigenvalue weighted by molar-refractivity contribution is 5.89. The molecule has 0 amide bonds. The number of ether oxygens (including phenoxy) is 4. The molecule has 1 heterocycles. The second-order valence-electron chi connectivity index (χ2n) is 5.65. The zero-order valence-corrected chi connectivity index (χ0v) is 14.3. The van der Waals surface area contributed by atoms with E-state index in [1.54, 1.807) is 30.3 Å². The summed E-state index contributed by atoms with van der Waals surface area (Å²) in [6, 6.07) is 8.15. The molecule has 8 nitrogen and oxygen atoms in total. The summed E-state index contributed by atoms with van der Waals surface area (Å²) in [5, 5.41) is 19.9. The van der Waals surface area contributed by atoms with E-state index in [0.717, 1.165) is 0 Å². The molecule has 0 spiro atoms. The van der Waals surface area contributed by atoms with E-state index in [0.29, 0.717) is 0 Å². The van der Waals surface area contributed by atoms with Gasteiger partial charge in [0, 0.05) is 6.92 Å². The fourth-order valence-corrected chi connectivity index (χ4v) is 2.56. The van der Waals surface area contributed by atoms with Crippen LogP contribution in [0.4, 0.5) is 0 Å². The zero-order valence-electron chi connectivity index (χ0n) is 14.3. The molecule has 1 aromatic carbocycles. The molecule has 8 heteroatoms. The Hall–Kier alpha value is -2.26. The van der Waals surface area contributed by atoms with Gasteiger partial charge in [0.2, 0.25) is 0 Å². The van der Waals surface area contributed by atoms with Gasteiger partial charge in [-0.15, -0.1) is 6.58 Å². The van der Waals surface area contributed by atoms with Crippen molar-refractivity contribution in [2.75, 3.05) is 13.2 Å².